The first-order valence-electron chi connectivity index (χ1n) is 10.5. The van der Waals surface area contributed by atoms with E-state index < -0.39 is 5.97 Å². The summed E-state index contributed by atoms with van der Waals surface area (Å²) in [7, 11) is 3.54. The van der Waals surface area contributed by atoms with Crippen LogP contribution in [0.2, 0.25) is 0 Å². The second kappa shape index (κ2) is 9.39. The molecule has 4 rings (SSSR count). The lowest BCUT2D eigenvalue weighted by Crippen LogP contribution is -2.10. The fraction of sp³-hybridized carbons (Fsp3) is 0.333. The molecule has 1 heterocycles. The number of carboxylic acids is 1. The molecule has 0 amide bonds. The summed E-state index contributed by atoms with van der Waals surface area (Å²) in [6, 6.07) is 12.9. The first-order valence-corrected chi connectivity index (χ1v) is 11.4. The number of thiazole rings is 1. The first kappa shape index (κ1) is 21.2. The Balaban J connectivity index is 1.47. The van der Waals surface area contributed by atoms with Gasteiger partial charge in [-0.25, -0.2) is 9.78 Å². The van der Waals surface area contributed by atoms with Gasteiger partial charge in [0.25, 0.3) is 0 Å². The predicted octanol–water partition coefficient (Wildman–Crippen LogP) is 6.41. The average molecular weight is 438 g/mol. The van der Waals surface area contributed by atoms with Crippen LogP contribution in [0, 0.1) is 0 Å². The highest BCUT2D eigenvalue weighted by Crippen LogP contribution is 2.36. The van der Waals surface area contributed by atoms with Gasteiger partial charge >= 0.3 is 5.97 Å². The van der Waals surface area contributed by atoms with Crippen LogP contribution in [0.15, 0.2) is 47.8 Å². The van der Waals surface area contributed by atoms with Crippen molar-refractivity contribution < 1.29 is 14.6 Å². The van der Waals surface area contributed by atoms with Gasteiger partial charge in [-0.15, -0.1) is 11.3 Å². The SMILES string of the molecule is COc1ccc(Nc2ccc(N(C)c3nc(C4CCCCC4)cs3)cc2)c(C(=O)O)c1. The van der Waals surface area contributed by atoms with Gasteiger partial charge in [0.2, 0.25) is 0 Å². The summed E-state index contributed by atoms with van der Waals surface area (Å²) in [4.78, 5) is 18.6. The summed E-state index contributed by atoms with van der Waals surface area (Å²) < 4.78 is 5.13. The number of methoxy groups -OCH3 is 1. The van der Waals surface area contributed by atoms with Crippen molar-refractivity contribution in [2.75, 3.05) is 24.4 Å². The number of hydrogen-bond acceptors (Lipinski definition) is 6. The molecule has 0 spiro atoms. The summed E-state index contributed by atoms with van der Waals surface area (Å²) in [6.45, 7) is 0. The lowest BCUT2D eigenvalue weighted by molar-refractivity contribution is 0.0697. The summed E-state index contributed by atoms with van der Waals surface area (Å²) in [6.07, 6.45) is 6.45. The molecule has 0 saturated heterocycles. The Morgan fingerprint density at radius 3 is 2.58 bits per heavy atom. The second-order valence-corrected chi connectivity index (χ2v) is 8.67. The van der Waals surface area contributed by atoms with Gasteiger partial charge in [0, 0.05) is 29.7 Å². The van der Waals surface area contributed by atoms with Crippen LogP contribution in [0.4, 0.5) is 22.2 Å². The van der Waals surface area contributed by atoms with E-state index in [1.807, 2.05) is 31.3 Å². The molecule has 0 unspecified atom stereocenters. The van der Waals surface area contributed by atoms with Gasteiger partial charge in [0.05, 0.1) is 24.1 Å². The van der Waals surface area contributed by atoms with Crippen LogP contribution >= 0.6 is 11.3 Å². The molecular formula is C24H27N3O3S. The highest BCUT2D eigenvalue weighted by molar-refractivity contribution is 7.13. The maximum absolute atomic E-state index is 11.6. The van der Waals surface area contributed by atoms with E-state index >= 15 is 0 Å². The van der Waals surface area contributed by atoms with Crippen LogP contribution in [-0.4, -0.2) is 30.2 Å². The van der Waals surface area contributed by atoms with Gasteiger partial charge in [0.1, 0.15) is 5.75 Å². The maximum Gasteiger partial charge on any atom is 0.337 e. The zero-order chi connectivity index (χ0) is 21.8. The molecule has 1 aliphatic rings. The predicted molar refractivity (Wildman–Crippen MR) is 126 cm³/mol. The summed E-state index contributed by atoms with van der Waals surface area (Å²) in [5.41, 5.74) is 3.76. The standard InChI is InChI=1S/C24H27N3O3S/c1-27(24-26-22(15-31-24)16-6-4-3-5-7-16)18-10-8-17(9-11-18)25-21-13-12-19(30-2)14-20(21)23(28)29/h8-16,25H,3-7H2,1-2H3,(H,28,29). The Labute approximate surface area is 186 Å². The van der Waals surface area contributed by atoms with E-state index in [2.05, 4.69) is 15.6 Å². The van der Waals surface area contributed by atoms with E-state index in [0.717, 1.165) is 16.5 Å². The Kier molecular flexibility index (Phi) is 6.42. The molecule has 7 heteroatoms. The fourth-order valence-electron chi connectivity index (χ4n) is 3.99. The number of aromatic nitrogens is 1. The lowest BCUT2D eigenvalue weighted by Gasteiger charge is -2.20. The van der Waals surface area contributed by atoms with E-state index in [1.54, 1.807) is 23.5 Å². The van der Waals surface area contributed by atoms with Crippen molar-refractivity contribution in [2.24, 2.45) is 0 Å². The van der Waals surface area contributed by atoms with E-state index in [9.17, 15) is 9.90 Å². The van der Waals surface area contributed by atoms with Crippen molar-refractivity contribution in [3.8, 4) is 5.75 Å². The summed E-state index contributed by atoms with van der Waals surface area (Å²) in [5, 5.41) is 15.9. The molecule has 162 valence electrons. The van der Waals surface area contributed by atoms with Gasteiger partial charge in [-0.05, 0) is 55.3 Å². The molecule has 1 fully saturated rings. The number of benzene rings is 2. The van der Waals surface area contributed by atoms with Gasteiger partial charge in [0.15, 0.2) is 5.13 Å². The van der Waals surface area contributed by atoms with E-state index in [0.29, 0.717) is 17.4 Å². The van der Waals surface area contributed by atoms with Crippen LogP contribution < -0.4 is 15.0 Å². The average Bonchev–Trinajstić information content (AvgIpc) is 3.30. The van der Waals surface area contributed by atoms with E-state index in [4.69, 9.17) is 9.72 Å². The minimum absolute atomic E-state index is 0.165. The molecule has 0 bridgehead atoms. The van der Waals surface area contributed by atoms with Gasteiger partial charge in [-0.1, -0.05) is 19.3 Å². The highest BCUT2D eigenvalue weighted by atomic mass is 32.1. The Bertz CT molecular complexity index is 1040. The van der Waals surface area contributed by atoms with Crippen molar-refractivity contribution in [1.29, 1.82) is 0 Å². The number of rotatable bonds is 7. The molecule has 2 N–H and O–H groups in total. The Morgan fingerprint density at radius 1 is 1.16 bits per heavy atom. The summed E-state index contributed by atoms with van der Waals surface area (Å²) in [5.74, 6) is 0.109. The number of nitrogens with zero attached hydrogens (tertiary/aromatic N) is 2. The largest absolute Gasteiger partial charge is 0.497 e. The third kappa shape index (κ3) is 4.82. The fourth-order valence-corrected chi connectivity index (χ4v) is 4.88. The minimum Gasteiger partial charge on any atom is -0.497 e. The summed E-state index contributed by atoms with van der Waals surface area (Å²) >= 11 is 1.68. The number of hydrogen-bond donors (Lipinski definition) is 2. The van der Waals surface area contributed by atoms with Gasteiger partial charge in [-0.3, -0.25) is 0 Å². The first-order chi connectivity index (χ1) is 15.0. The van der Waals surface area contributed by atoms with Crippen LogP contribution in [0.25, 0.3) is 0 Å². The van der Waals surface area contributed by atoms with Crippen LogP contribution in [-0.2, 0) is 0 Å². The minimum atomic E-state index is -1.00. The molecule has 31 heavy (non-hydrogen) atoms. The molecule has 6 nitrogen and oxygen atoms in total. The van der Waals surface area contributed by atoms with Crippen molar-refractivity contribution in [1.82, 2.24) is 4.98 Å². The number of anilines is 4. The molecule has 1 aliphatic carbocycles. The monoisotopic (exact) mass is 437 g/mol. The van der Waals surface area contributed by atoms with Crippen molar-refractivity contribution in [3.05, 3.63) is 59.1 Å². The van der Waals surface area contributed by atoms with Crippen molar-refractivity contribution >= 4 is 39.5 Å². The molecular weight excluding hydrogens is 410 g/mol. The maximum atomic E-state index is 11.6. The van der Waals surface area contributed by atoms with Crippen LogP contribution in [0.3, 0.4) is 0 Å². The number of carboxylic acid groups (broad SMARTS) is 1. The number of ether oxygens (including phenoxy) is 1. The topological polar surface area (TPSA) is 74.7 Å². The molecule has 1 aromatic heterocycles. The van der Waals surface area contributed by atoms with Crippen molar-refractivity contribution in [3.63, 3.8) is 0 Å². The quantitative estimate of drug-likeness (QED) is 0.445. The normalized spacial score (nSPS) is 14.3. The lowest BCUT2D eigenvalue weighted by atomic mass is 9.87. The molecule has 0 aliphatic heterocycles. The smallest absolute Gasteiger partial charge is 0.337 e. The van der Waals surface area contributed by atoms with Crippen LogP contribution in [0.5, 0.6) is 5.75 Å². The van der Waals surface area contributed by atoms with E-state index in [-0.39, 0.29) is 5.56 Å². The highest BCUT2D eigenvalue weighted by Gasteiger charge is 2.19. The van der Waals surface area contributed by atoms with Gasteiger partial charge in [-0.2, -0.15) is 0 Å². The van der Waals surface area contributed by atoms with Crippen molar-refractivity contribution in [2.45, 2.75) is 38.0 Å². The number of aromatic carboxylic acids is 1. The number of carbonyl (C=O) groups is 1. The third-order valence-corrected chi connectivity index (χ3v) is 6.75. The molecule has 3 aromatic rings. The zero-order valence-corrected chi connectivity index (χ0v) is 18.6. The van der Waals surface area contributed by atoms with E-state index in [1.165, 1.54) is 51.0 Å². The molecule has 0 atom stereocenters. The second-order valence-electron chi connectivity index (χ2n) is 7.84. The zero-order valence-electron chi connectivity index (χ0n) is 17.8. The Hall–Kier alpha value is -3.06. The molecule has 1 saturated carbocycles. The Morgan fingerprint density at radius 2 is 1.90 bits per heavy atom. The van der Waals surface area contributed by atoms with Gasteiger partial charge < -0.3 is 20.1 Å². The number of nitrogens with one attached hydrogen (secondary N) is 1. The van der Waals surface area contributed by atoms with Crippen LogP contribution in [0.1, 0.15) is 54.1 Å². The third-order valence-electron chi connectivity index (χ3n) is 5.81. The molecule has 0 radical (unpaired) electrons. The molecule has 2 aromatic carbocycles.